The molecule has 6 heteroatoms. The molecule has 2 heterocycles. The van der Waals surface area contributed by atoms with E-state index < -0.39 is 0 Å². The largest absolute Gasteiger partial charge is 0.497 e. The third-order valence-corrected chi connectivity index (χ3v) is 6.50. The van der Waals surface area contributed by atoms with Crippen LogP contribution in [0.15, 0.2) is 47.8 Å². The third kappa shape index (κ3) is 4.19. The number of nitrogens with zero attached hydrogens (tertiary/aromatic N) is 2. The Bertz CT molecular complexity index is 1030. The minimum absolute atomic E-state index is 0.0218. The molecular formula is C24H26N2O3S. The summed E-state index contributed by atoms with van der Waals surface area (Å²) >= 11 is 1.58. The van der Waals surface area contributed by atoms with Crippen LogP contribution >= 0.6 is 11.3 Å². The summed E-state index contributed by atoms with van der Waals surface area (Å²) in [5.74, 6) is 1.61. The van der Waals surface area contributed by atoms with E-state index in [9.17, 15) is 4.79 Å². The Morgan fingerprint density at radius 1 is 1.17 bits per heavy atom. The molecule has 1 aliphatic heterocycles. The van der Waals surface area contributed by atoms with Gasteiger partial charge in [-0.3, -0.25) is 4.79 Å². The average Bonchev–Trinajstić information content (AvgIpc) is 3.43. The Hall–Kier alpha value is -2.86. The molecular weight excluding hydrogens is 396 g/mol. The zero-order valence-corrected chi connectivity index (χ0v) is 18.4. The van der Waals surface area contributed by atoms with Crippen molar-refractivity contribution in [3.8, 4) is 22.1 Å². The van der Waals surface area contributed by atoms with E-state index in [1.54, 1.807) is 25.6 Å². The van der Waals surface area contributed by atoms with Crippen LogP contribution in [-0.4, -0.2) is 36.6 Å². The quantitative estimate of drug-likeness (QED) is 0.558. The molecule has 3 aromatic rings. The molecule has 156 valence electrons. The normalized spacial score (nSPS) is 16.0. The summed E-state index contributed by atoms with van der Waals surface area (Å²) in [5, 5.41) is 2.94. The maximum Gasteiger partial charge on any atom is 0.229 e. The Kier molecular flexibility index (Phi) is 6.04. The lowest BCUT2D eigenvalue weighted by Gasteiger charge is -2.26. The molecule has 0 N–H and O–H groups in total. The predicted molar refractivity (Wildman–Crippen MR) is 119 cm³/mol. The summed E-state index contributed by atoms with van der Waals surface area (Å²) in [6.07, 6.45) is 2.23. The van der Waals surface area contributed by atoms with Crippen LogP contribution in [0.5, 0.6) is 11.5 Å². The van der Waals surface area contributed by atoms with Crippen molar-refractivity contribution in [1.82, 2.24) is 9.88 Å². The van der Waals surface area contributed by atoms with E-state index in [1.807, 2.05) is 28.5 Å². The van der Waals surface area contributed by atoms with Crippen LogP contribution < -0.4 is 9.47 Å². The van der Waals surface area contributed by atoms with E-state index in [0.29, 0.717) is 6.42 Å². The summed E-state index contributed by atoms with van der Waals surface area (Å²) in [6.45, 7) is 2.83. The topological polar surface area (TPSA) is 51.7 Å². The number of aryl methyl sites for hydroxylation is 1. The number of methoxy groups -OCH3 is 2. The molecule has 1 aliphatic rings. The fourth-order valence-corrected chi connectivity index (χ4v) is 4.78. The van der Waals surface area contributed by atoms with E-state index in [2.05, 4.69) is 31.2 Å². The first-order valence-corrected chi connectivity index (χ1v) is 11.0. The van der Waals surface area contributed by atoms with E-state index in [-0.39, 0.29) is 11.9 Å². The van der Waals surface area contributed by atoms with Gasteiger partial charge < -0.3 is 14.4 Å². The lowest BCUT2D eigenvalue weighted by molar-refractivity contribution is -0.131. The van der Waals surface area contributed by atoms with Crippen LogP contribution in [0, 0.1) is 6.92 Å². The van der Waals surface area contributed by atoms with Gasteiger partial charge in [-0.25, -0.2) is 4.98 Å². The second-order valence-electron chi connectivity index (χ2n) is 7.54. The first kappa shape index (κ1) is 20.4. The third-order valence-electron chi connectivity index (χ3n) is 5.56. The Balaban J connectivity index is 1.50. The molecule has 2 aromatic carbocycles. The molecule has 0 spiro atoms. The van der Waals surface area contributed by atoms with Crippen molar-refractivity contribution in [3.63, 3.8) is 0 Å². The summed E-state index contributed by atoms with van der Waals surface area (Å²) in [5.41, 5.74) is 4.17. The van der Waals surface area contributed by atoms with Gasteiger partial charge in [0.25, 0.3) is 0 Å². The van der Waals surface area contributed by atoms with Gasteiger partial charge in [-0.2, -0.15) is 0 Å². The van der Waals surface area contributed by atoms with Crippen molar-refractivity contribution in [2.75, 3.05) is 20.8 Å². The number of amides is 1. The molecule has 4 rings (SSSR count). The Morgan fingerprint density at radius 3 is 2.70 bits per heavy atom. The molecule has 1 saturated heterocycles. The molecule has 0 radical (unpaired) electrons. The number of hydrogen-bond acceptors (Lipinski definition) is 5. The van der Waals surface area contributed by atoms with Crippen LogP contribution in [0.25, 0.3) is 10.6 Å². The fourth-order valence-electron chi connectivity index (χ4n) is 3.96. The van der Waals surface area contributed by atoms with Crippen molar-refractivity contribution in [1.29, 1.82) is 0 Å². The second-order valence-corrected chi connectivity index (χ2v) is 8.40. The summed E-state index contributed by atoms with van der Waals surface area (Å²) < 4.78 is 10.9. The number of carbonyl (C=O) groups excluding carboxylic acids is 1. The minimum Gasteiger partial charge on any atom is -0.497 e. The maximum absolute atomic E-state index is 13.1. The number of benzene rings is 2. The summed E-state index contributed by atoms with van der Waals surface area (Å²) in [4.78, 5) is 19.8. The van der Waals surface area contributed by atoms with Crippen LogP contribution in [0.3, 0.4) is 0 Å². The Morgan fingerprint density at radius 2 is 1.97 bits per heavy atom. The van der Waals surface area contributed by atoms with Crippen LogP contribution in [0.2, 0.25) is 0 Å². The Labute approximate surface area is 181 Å². The average molecular weight is 423 g/mol. The van der Waals surface area contributed by atoms with E-state index in [4.69, 9.17) is 14.5 Å². The van der Waals surface area contributed by atoms with Gasteiger partial charge in [0.05, 0.1) is 32.4 Å². The first-order chi connectivity index (χ1) is 14.6. The predicted octanol–water partition coefficient (Wildman–Crippen LogP) is 5.04. The highest BCUT2D eigenvalue weighted by atomic mass is 32.1. The number of aromatic nitrogens is 1. The molecule has 1 amide bonds. The fraction of sp³-hybridized carbons (Fsp3) is 0.333. The van der Waals surface area contributed by atoms with Crippen molar-refractivity contribution in [2.45, 2.75) is 32.2 Å². The molecule has 1 atom stereocenters. The molecule has 5 nitrogen and oxygen atoms in total. The number of likely N-dealkylation sites (tertiary alicyclic amines) is 1. The molecule has 0 bridgehead atoms. The molecule has 0 saturated carbocycles. The highest BCUT2D eigenvalue weighted by Crippen LogP contribution is 2.39. The monoisotopic (exact) mass is 422 g/mol. The zero-order chi connectivity index (χ0) is 21.1. The SMILES string of the molecule is COc1ccc(C2CCCN2C(=O)Cc2csc(-c3ccc(C)cc3)n2)c(OC)c1. The summed E-state index contributed by atoms with van der Waals surface area (Å²) in [7, 11) is 3.29. The van der Waals surface area contributed by atoms with E-state index in [1.165, 1.54) is 5.56 Å². The van der Waals surface area contributed by atoms with Crippen LogP contribution in [0.4, 0.5) is 0 Å². The molecule has 1 fully saturated rings. The van der Waals surface area contributed by atoms with Gasteiger partial charge in [-0.05, 0) is 31.9 Å². The molecule has 0 aliphatic carbocycles. The number of ether oxygens (including phenoxy) is 2. The highest BCUT2D eigenvalue weighted by molar-refractivity contribution is 7.13. The molecule has 1 unspecified atom stereocenters. The molecule has 1 aromatic heterocycles. The zero-order valence-electron chi connectivity index (χ0n) is 17.6. The number of rotatable bonds is 6. The van der Waals surface area contributed by atoms with Crippen LogP contribution in [0.1, 0.15) is 35.7 Å². The van der Waals surface area contributed by atoms with Gasteiger partial charge in [0.2, 0.25) is 5.91 Å². The number of hydrogen-bond donors (Lipinski definition) is 0. The second kappa shape index (κ2) is 8.88. The van der Waals surface area contributed by atoms with Gasteiger partial charge in [-0.15, -0.1) is 11.3 Å². The lowest BCUT2D eigenvalue weighted by Crippen LogP contribution is -2.32. The van der Waals surface area contributed by atoms with Crippen molar-refractivity contribution >= 4 is 17.2 Å². The standard InChI is InChI=1S/C24H26N2O3S/c1-16-6-8-17(9-7-16)24-25-18(15-30-24)13-23(27)26-12-4-5-21(26)20-11-10-19(28-2)14-22(20)29-3/h6-11,14-15,21H,4-5,12-13H2,1-3H3. The number of thiazole rings is 1. The highest BCUT2D eigenvalue weighted by Gasteiger charge is 2.32. The van der Waals surface area contributed by atoms with E-state index in [0.717, 1.165) is 52.7 Å². The van der Waals surface area contributed by atoms with Gasteiger partial charge in [-0.1, -0.05) is 29.8 Å². The van der Waals surface area contributed by atoms with E-state index >= 15 is 0 Å². The first-order valence-electron chi connectivity index (χ1n) is 10.1. The summed E-state index contributed by atoms with van der Waals surface area (Å²) in [6, 6.07) is 14.1. The smallest absolute Gasteiger partial charge is 0.229 e. The van der Waals surface area contributed by atoms with Crippen LogP contribution in [-0.2, 0) is 11.2 Å². The lowest BCUT2D eigenvalue weighted by atomic mass is 10.0. The van der Waals surface area contributed by atoms with Gasteiger partial charge in [0.1, 0.15) is 16.5 Å². The van der Waals surface area contributed by atoms with Crippen molar-refractivity contribution in [3.05, 3.63) is 64.7 Å². The van der Waals surface area contributed by atoms with Gasteiger partial charge in [0.15, 0.2) is 0 Å². The van der Waals surface area contributed by atoms with Crippen molar-refractivity contribution in [2.24, 2.45) is 0 Å². The van der Waals surface area contributed by atoms with Gasteiger partial charge in [0, 0.05) is 29.1 Å². The molecule has 30 heavy (non-hydrogen) atoms. The number of carbonyl (C=O) groups is 1. The van der Waals surface area contributed by atoms with Crippen molar-refractivity contribution < 1.29 is 14.3 Å². The van der Waals surface area contributed by atoms with Gasteiger partial charge >= 0.3 is 0 Å². The maximum atomic E-state index is 13.1. The minimum atomic E-state index is 0.0218.